The van der Waals surface area contributed by atoms with Crippen LogP contribution in [-0.4, -0.2) is 13.5 Å². The van der Waals surface area contributed by atoms with Crippen molar-refractivity contribution in [2.45, 2.75) is 53.4 Å². The number of hydrogen-bond donors (Lipinski definition) is 0. The van der Waals surface area contributed by atoms with Gasteiger partial charge in [-0.1, -0.05) is 37.9 Å². The highest BCUT2D eigenvalue weighted by atomic mass is 15.1. The Hall–Kier alpha value is -0.915. The Labute approximate surface area is 101 Å². The van der Waals surface area contributed by atoms with E-state index >= 15 is 0 Å². The first-order valence-corrected chi connectivity index (χ1v) is 6.13. The molecule has 0 heterocycles. The second-order valence-corrected chi connectivity index (χ2v) is 5.13. The van der Waals surface area contributed by atoms with E-state index in [4.69, 9.17) is 0 Å². The summed E-state index contributed by atoms with van der Waals surface area (Å²) < 4.78 is 0. The molecule has 1 radical (unpaired) electrons. The number of hydrogen-bond acceptors (Lipinski definition) is 1. The molecule has 0 aliphatic carbocycles. The van der Waals surface area contributed by atoms with Crippen LogP contribution in [0.15, 0.2) is 18.2 Å². The van der Waals surface area contributed by atoms with Crippen LogP contribution in [-0.2, 0) is 0 Å². The van der Waals surface area contributed by atoms with E-state index in [-0.39, 0.29) is 0 Å². The van der Waals surface area contributed by atoms with Gasteiger partial charge in [0.2, 0.25) is 7.41 Å². The van der Waals surface area contributed by atoms with Crippen LogP contribution in [0, 0.1) is 13.8 Å². The first kappa shape index (κ1) is 13.2. The van der Waals surface area contributed by atoms with Crippen molar-refractivity contribution in [2.24, 2.45) is 0 Å². The molecule has 0 aliphatic heterocycles. The summed E-state index contributed by atoms with van der Waals surface area (Å²) in [6, 6.07) is 7.00. The minimum Gasteiger partial charge on any atom is -0.416 e. The van der Waals surface area contributed by atoms with Gasteiger partial charge < -0.3 is 4.81 Å². The summed E-state index contributed by atoms with van der Waals surface area (Å²) in [5.41, 5.74) is 4.07. The average molecular weight is 216 g/mol. The maximum absolute atomic E-state index is 2.40. The molecule has 0 saturated carbocycles. The van der Waals surface area contributed by atoms with Crippen LogP contribution in [0.3, 0.4) is 0 Å². The van der Waals surface area contributed by atoms with E-state index in [0.717, 1.165) is 0 Å². The zero-order chi connectivity index (χ0) is 12.3. The van der Waals surface area contributed by atoms with Gasteiger partial charge in [0.15, 0.2) is 0 Å². The number of benzene rings is 1. The predicted octanol–water partition coefficient (Wildman–Crippen LogP) is 3.97. The molecule has 1 nitrogen and oxygen atoms in total. The molecule has 0 atom stereocenters. The lowest BCUT2D eigenvalue weighted by Gasteiger charge is -2.33. The van der Waals surface area contributed by atoms with Gasteiger partial charge in [0.05, 0.1) is 0 Å². The molecule has 0 aliphatic rings. The second-order valence-electron chi connectivity index (χ2n) is 5.13. The molecule has 0 N–H and O–H groups in total. The molecular formula is C14H23BN. The topological polar surface area (TPSA) is 3.24 Å². The molecule has 1 rings (SSSR count). The number of rotatable bonds is 4. The van der Waals surface area contributed by atoms with Crippen molar-refractivity contribution in [3.8, 4) is 0 Å². The molecule has 1 aromatic carbocycles. The van der Waals surface area contributed by atoms with Gasteiger partial charge in [-0.15, -0.1) is 0 Å². The lowest BCUT2D eigenvalue weighted by atomic mass is 9.74. The number of aryl methyl sites for hydroxylation is 2. The fourth-order valence-electron chi connectivity index (χ4n) is 2.04. The maximum atomic E-state index is 2.40. The quantitative estimate of drug-likeness (QED) is 0.688. The summed E-state index contributed by atoms with van der Waals surface area (Å²) in [5, 5.41) is 0. The average Bonchev–Trinajstić information content (AvgIpc) is 2.15. The molecule has 16 heavy (non-hydrogen) atoms. The highest BCUT2D eigenvalue weighted by Crippen LogP contribution is 2.26. The van der Waals surface area contributed by atoms with Gasteiger partial charge in [0.25, 0.3) is 0 Å². The molecule has 0 bridgehead atoms. The molecular weight excluding hydrogens is 193 g/mol. The smallest absolute Gasteiger partial charge is 0.249 e. The Morgan fingerprint density at radius 2 is 1.50 bits per heavy atom. The molecule has 0 fully saturated rings. The molecule has 0 amide bonds. The summed E-state index contributed by atoms with van der Waals surface area (Å²) >= 11 is 0. The fraction of sp³-hybridized carbons (Fsp3) is 0.571. The number of anilines is 1. The summed E-state index contributed by atoms with van der Waals surface area (Å²) in [6.45, 7) is 13.3. The first-order valence-electron chi connectivity index (χ1n) is 6.13. The van der Waals surface area contributed by atoms with Crippen molar-refractivity contribution >= 4 is 13.1 Å². The lowest BCUT2D eigenvalue weighted by molar-refractivity contribution is 0.805. The van der Waals surface area contributed by atoms with Crippen LogP contribution >= 0.6 is 0 Å². The fourth-order valence-corrected chi connectivity index (χ4v) is 2.04. The van der Waals surface area contributed by atoms with E-state index < -0.39 is 0 Å². The highest BCUT2D eigenvalue weighted by molar-refractivity contribution is 6.43. The standard InChI is InChI=1S/C14H23BN/c1-10(2)15-16(11(3)4)14-12(5)8-7-9-13(14)6/h7-11H,1-6H3. The van der Waals surface area contributed by atoms with E-state index in [1.54, 1.807) is 0 Å². The Balaban J connectivity index is 3.10. The van der Waals surface area contributed by atoms with Gasteiger partial charge in [-0.05, 0) is 38.8 Å². The number of nitrogens with zero attached hydrogens (tertiary/aromatic N) is 1. The normalized spacial score (nSPS) is 11.0. The number of para-hydroxylation sites is 1. The second kappa shape index (κ2) is 5.42. The van der Waals surface area contributed by atoms with Crippen LogP contribution in [0.1, 0.15) is 38.8 Å². The van der Waals surface area contributed by atoms with Crippen LogP contribution < -0.4 is 4.81 Å². The van der Waals surface area contributed by atoms with Crippen LogP contribution in [0.5, 0.6) is 0 Å². The lowest BCUT2D eigenvalue weighted by Crippen LogP contribution is -2.36. The van der Waals surface area contributed by atoms with Gasteiger partial charge in [0, 0.05) is 11.7 Å². The van der Waals surface area contributed by atoms with Crippen LogP contribution in [0.25, 0.3) is 0 Å². The molecule has 0 unspecified atom stereocenters. The largest absolute Gasteiger partial charge is 0.416 e. The molecule has 0 aromatic heterocycles. The van der Waals surface area contributed by atoms with Crippen molar-refractivity contribution < 1.29 is 0 Å². The minimum absolute atomic E-state index is 0.502. The third-order valence-corrected chi connectivity index (χ3v) is 2.71. The van der Waals surface area contributed by atoms with Gasteiger partial charge in [-0.25, -0.2) is 0 Å². The van der Waals surface area contributed by atoms with Crippen molar-refractivity contribution in [1.29, 1.82) is 0 Å². The van der Waals surface area contributed by atoms with Gasteiger partial charge in [-0.3, -0.25) is 0 Å². The zero-order valence-corrected chi connectivity index (χ0v) is 11.4. The van der Waals surface area contributed by atoms with Gasteiger partial charge in [0.1, 0.15) is 0 Å². The summed E-state index contributed by atoms with van der Waals surface area (Å²) in [7, 11) is 2.32. The van der Waals surface area contributed by atoms with E-state index in [0.29, 0.717) is 11.9 Å². The van der Waals surface area contributed by atoms with Crippen molar-refractivity contribution in [2.75, 3.05) is 4.81 Å². The maximum Gasteiger partial charge on any atom is 0.249 e. The van der Waals surface area contributed by atoms with Gasteiger partial charge in [-0.2, -0.15) is 0 Å². The highest BCUT2D eigenvalue weighted by Gasteiger charge is 2.17. The van der Waals surface area contributed by atoms with Crippen molar-refractivity contribution in [1.82, 2.24) is 0 Å². The third kappa shape index (κ3) is 3.04. The van der Waals surface area contributed by atoms with Crippen molar-refractivity contribution in [3.63, 3.8) is 0 Å². The summed E-state index contributed by atoms with van der Waals surface area (Å²) in [6.07, 6.45) is 0. The zero-order valence-electron chi connectivity index (χ0n) is 11.4. The predicted molar refractivity (Wildman–Crippen MR) is 74.4 cm³/mol. The Bertz CT molecular complexity index is 324. The molecule has 0 saturated heterocycles. The Kier molecular flexibility index (Phi) is 4.46. The van der Waals surface area contributed by atoms with Gasteiger partial charge >= 0.3 is 0 Å². The molecule has 1 aromatic rings. The van der Waals surface area contributed by atoms with E-state index in [1.165, 1.54) is 16.8 Å². The van der Waals surface area contributed by atoms with E-state index in [2.05, 4.69) is 72.0 Å². The van der Waals surface area contributed by atoms with Crippen LogP contribution in [0.2, 0.25) is 5.82 Å². The van der Waals surface area contributed by atoms with E-state index in [9.17, 15) is 0 Å². The van der Waals surface area contributed by atoms with Crippen molar-refractivity contribution in [3.05, 3.63) is 29.3 Å². The Morgan fingerprint density at radius 1 is 1.00 bits per heavy atom. The summed E-state index contributed by atoms with van der Waals surface area (Å²) in [5.74, 6) is 0.571. The SMILES string of the molecule is Cc1cccc(C)c1N([B]C(C)C)C(C)C. The van der Waals surface area contributed by atoms with E-state index in [1.807, 2.05) is 0 Å². The Morgan fingerprint density at radius 3 is 1.88 bits per heavy atom. The summed E-state index contributed by atoms with van der Waals surface area (Å²) in [4.78, 5) is 2.40. The monoisotopic (exact) mass is 216 g/mol. The molecule has 2 heteroatoms. The minimum atomic E-state index is 0.502. The molecule has 0 spiro atoms. The van der Waals surface area contributed by atoms with Crippen LogP contribution in [0.4, 0.5) is 5.69 Å². The molecule has 87 valence electrons. The first-order chi connectivity index (χ1) is 7.43. The third-order valence-electron chi connectivity index (χ3n) is 2.71.